The van der Waals surface area contributed by atoms with Gasteiger partial charge in [0.15, 0.2) is 11.5 Å². The van der Waals surface area contributed by atoms with Gasteiger partial charge in [-0.2, -0.15) is 0 Å². The lowest BCUT2D eigenvalue weighted by atomic mass is 10.2. The Hall–Kier alpha value is -2.48. The van der Waals surface area contributed by atoms with Crippen LogP contribution in [0.2, 0.25) is 0 Å². The van der Waals surface area contributed by atoms with Crippen LogP contribution in [-0.2, 0) is 4.74 Å². The molecule has 0 aliphatic heterocycles. The maximum absolute atomic E-state index is 11.4. The Morgan fingerprint density at radius 3 is 2.91 bits per heavy atom. The van der Waals surface area contributed by atoms with Gasteiger partial charge in [-0.05, 0) is 39.0 Å². The molecule has 0 aliphatic rings. The van der Waals surface area contributed by atoms with Crippen molar-refractivity contribution in [3.8, 4) is 11.8 Å². The smallest absolute Gasteiger partial charge is 0.407 e. The van der Waals surface area contributed by atoms with Crippen LogP contribution in [0.15, 0.2) is 22.6 Å². The lowest BCUT2D eigenvalue weighted by Gasteiger charge is -2.19. The number of oxazole rings is 1. The second-order valence-electron chi connectivity index (χ2n) is 5.90. The zero-order valence-electron chi connectivity index (χ0n) is 13.3. The first kappa shape index (κ1) is 15.9. The standard InChI is InChI=1S/C17H20N2O3/c1-12-19-14-11-13(8-9-15(14)21-12)7-5-6-10-18-16(20)22-17(2,3)4/h8-9,11H,6,10H2,1-4H3,(H,18,20). The molecule has 1 aromatic heterocycles. The van der Waals surface area contributed by atoms with Crippen LogP contribution >= 0.6 is 0 Å². The van der Waals surface area contributed by atoms with Crippen molar-refractivity contribution in [3.63, 3.8) is 0 Å². The van der Waals surface area contributed by atoms with E-state index >= 15 is 0 Å². The SMILES string of the molecule is Cc1nc2cc(C#CCCNC(=O)OC(C)(C)C)ccc2o1. The van der Waals surface area contributed by atoms with Crippen LogP contribution in [0.1, 0.15) is 38.6 Å². The molecule has 2 rings (SSSR count). The average Bonchev–Trinajstić information content (AvgIpc) is 2.75. The van der Waals surface area contributed by atoms with Crippen molar-refractivity contribution in [2.45, 2.75) is 39.7 Å². The number of benzene rings is 1. The summed E-state index contributed by atoms with van der Waals surface area (Å²) in [5, 5.41) is 2.67. The Morgan fingerprint density at radius 1 is 1.41 bits per heavy atom. The summed E-state index contributed by atoms with van der Waals surface area (Å²) < 4.78 is 10.5. The monoisotopic (exact) mass is 300 g/mol. The quantitative estimate of drug-likeness (QED) is 0.682. The van der Waals surface area contributed by atoms with E-state index in [1.807, 2.05) is 45.9 Å². The zero-order chi connectivity index (χ0) is 16.2. The molecular weight excluding hydrogens is 280 g/mol. The van der Waals surface area contributed by atoms with Crippen LogP contribution in [0, 0.1) is 18.8 Å². The molecule has 116 valence electrons. The van der Waals surface area contributed by atoms with Gasteiger partial charge in [0.1, 0.15) is 11.1 Å². The van der Waals surface area contributed by atoms with Crippen molar-refractivity contribution >= 4 is 17.2 Å². The van der Waals surface area contributed by atoms with Crippen molar-refractivity contribution in [1.29, 1.82) is 0 Å². The van der Waals surface area contributed by atoms with E-state index in [9.17, 15) is 4.79 Å². The van der Waals surface area contributed by atoms with Gasteiger partial charge >= 0.3 is 6.09 Å². The molecule has 1 heterocycles. The highest BCUT2D eigenvalue weighted by molar-refractivity contribution is 5.74. The molecule has 0 spiro atoms. The number of nitrogens with zero attached hydrogens (tertiary/aromatic N) is 1. The first-order valence-electron chi connectivity index (χ1n) is 7.16. The third-order valence-electron chi connectivity index (χ3n) is 2.65. The number of hydrogen-bond donors (Lipinski definition) is 1. The van der Waals surface area contributed by atoms with Crippen molar-refractivity contribution in [3.05, 3.63) is 29.7 Å². The third-order valence-corrected chi connectivity index (χ3v) is 2.65. The molecule has 0 aliphatic carbocycles. The molecule has 0 bridgehead atoms. The Kier molecular flexibility index (Phi) is 4.71. The normalized spacial score (nSPS) is 10.9. The first-order chi connectivity index (χ1) is 10.3. The summed E-state index contributed by atoms with van der Waals surface area (Å²) in [6.07, 6.45) is 0.128. The summed E-state index contributed by atoms with van der Waals surface area (Å²) >= 11 is 0. The third kappa shape index (κ3) is 4.81. The number of aryl methyl sites for hydroxylation is 1. The van der Waals surface area contributed by atoms with Gasteiger partial charge in [0.25, 0.3) is 0 Å². The molecule has 0 saturated heterocycles. The number of carbonyl (C=O) groups is 1. The Balaban J connectivity index is 1.84. The largest absolute Gasteiger partial charge is 0.444 e. The Morgan fingerprint density at radius 2 is 2.18 bits per heavy atom. The molecule has 0 unspecified atom stereocenters. The van der Waals surface area contributed by atoms with Crippen LogP contribution in [0.3, 0.4) is 0 Å². The highest BCUT2D eigenvalue weighted by Gasteiger charge is 2.15. The minimum atomic E-state index is -0.485. The fourth-order valence-corrected chi connectivity index (χ4v) is 1.83. The lowest BCUT2D eigenvalue weighted by Crippen LogP contribution is -2.32. The lowest BCUT2D eigenvalue weighted by molar-refractivity contribution is 0.0529. The van der Waals surface area contributed by atoms with Gasteiger partial charge in [-0.3, -0.25) is 0 Å². The maximum Gasteiger partial charge on any atom is 0.407 e. The number of fused-ring (bicyclic) bond motifs is 1. The van der Waals surface area contributed by atoms with Gasteiger partial charge in [0.05, 0.1) is 0 Å². The molecule has 0 saturated carbocycles. The molecule has 0 atom stereocenters. The molecule has 1 amide bonds. The molecule has 22 heavy (non-hydrogen) atoms. The van der Waals surface area contributed by atoms with Crippen molar-refractivity contribution in [2.75, 3.05) is 6.54 Å². The predicted molar refractivity (Wildman–Crippen MR) is 84.5 cm³/mol. The summed E-state index contributed by atoms with van der Waals surface area (Å²) in [6, 6.07) is 5.64. The van der Waals surface area contributed by atoms with Gasteiger partial charge in [0.2, 0.25) is 0 Å². The minimum absolute atomic E-state index is 0.422. The first-order valence-corrected chi connectivity index (χ1v) is 7.16. The number of hydrogen-bond acceptors (Lipinski definition) is 4. The van der Waals surface area contributed by atoms with Crippen LogP contribution in [-0.4, -0.2) is 23.2 Å². The van der Waals surface area contributed by atoms with E-state index in [2.05, 4.69) is 22.1 Å². The Labute approximate surface area is 130 Å². The number of amides is 1. The number of rotatable bonds is 2. The van der Waals surface area contributed by atoms with Gasteiger partial charge in [-0.25, -0.2) is 9.78 Å². The van der Waals surface area contributed by atoms with Crippen molar-refractivity contribution in [2.24, 2.45) is 0 Å². The van der Waals surface area contributed by atoms with Gasteiger partial charge < -0.3 is 14.5 Å². The number of nitrogens with one attached hydrogen (secondary N) is 1. The molecule has 5 nitrogen and oxygen atoms in total. The highest BCUT2D eigenvalue weighted by atomic mass is 16.6. The topological polar surface area (TPSA) is 64.4 Å². The molecule has 0 fully saturated rings. The predicted octanol–water partition coefficient (Wildman–Crippen LogP) is 3.40. The van der Waals surface area contributed by atoms with Crippen molar-refractivity contribution < 1.29 is 13.9 Å². The Bertz CT molecular complexity index is 730. The van der Waals surface area contributed by atoms with E-state index in [0.717, 1.165) is 16.7 Å². The highest BCUT2D eigenvalue weighted by Crippen LogP contribution is 2.16. The van der Waals surface area contributed by atoms with Gasteiger partial charge in [-0.15, -0.1) is 0 Å². The molecular formula is C17H20N2O3. The second-order valence-corrected chi connectivity index (χ2v) is 5.90. The van der Waals surface area contributed by atoms with E-state index in [0.29, 0.717) is 18.9 Å². The number of aromatic nitrogens is 1. The van der Waals surface area contributed by atoms with Gasteiger partial charge in [0, 0.05) is 25.5 Å². The van der Waals surface area contributed by atoms with E-state index < -0.39 is 11.7 Å². The van der Waals surface area contributed by atoms with E-state index in [-0.39, 0.29) is 0 Å². The fraction of sp³-hybridized carbons (Fsp3) is 0.412. The average molecular weight is 300 g/mol. The molecule has 1 N–H and O–H groups in total. The van der Waals surface area contributed by atoms with Crippen LogP contribution in [0.5, 0.6) is 0 Å². The van der Waals surface area contributed by atoms with Crippen molar-refractivity contribution in [1.82, 2.24) is 10.3 Å². The van der Waals surface area contributed by atoms with Crippen LogP contribution < -0.4 is 5.32 Å². The summed E-state index contributed by atoms with van der Waals surface area (Å²) in [4.78, 5) is 15.7. The summed E-state index contributed by atoms with van der Waals surface area (Å²) in [6.45, 7) is 7.75. The van der Waals surface area contributed by atoms with E-state index in [1.54, 1.807) is 0 Å². The van der Waals surface area contributed by atoms with E-state index in [1.165, 1.54) is 0 Å². The molecule has 5 heteroatoms. The fourth-order valence-electron chi connectivity index (χ4n) is 1.83. The minimum Gasteiger partial charge on any atom is -0.444 e. The summed E-state index contributed by atoms with van der Waals surface area (Å²) in [5.41, 5.74) is 1.95. The molecule has 2 aromatic rings. The summed E-state index contributed by atoms with van der Waals surface area (Å²) in [7, 11) is 0. The van der Waals surface area contributed by atoms with Gasteiger partial charge in [-0.1, -0.05) is 11.8 Å². The number of ether oxygens (including phenoxy) is 1. The second kappa shape index (κ2) is 6.52. The van der Waals surface area contributed by atoms with Crippen LogP contribution in [0.25, 0.3) is 11.1 Å². The molecule has 1 aromatic carbocycles. The van der Waals surface area contributed by atoms with Crippen LogP contribution in [0.4, 0.5) is 4.79 Å². The molecule has 0 radical (unpaired) electrons. The zero-order valence-corrected chi connectivity index (χ0v) is 13.3. The van der Waals surface area contributed by atoms with E-state index in [4.69, 9.17) is 9.15 Å². The summed E-state index contributed by atoms with van der Waals surface area (Å²) in [5.74, 6) is 6.70. The number of carbonyl (C=O) groups excluding carboxylic acids is 1. The maximum atomic E-state index is 11.4. The number of alkyl carbamates (subject to hydrolysis) is 1.